The maximum absolute atomic E-state index is 5.30. The number of hydrogen-bond donors (Lipinski definition) is 0. The van der Waals surface area contributed by atoms with Crippen molar-refractivity contribution in [3.8, 4) is 5.75 Å². The van der Waals surface area contributed by atoms with E-state index in [1.165, 1.54) is 48.8 Å². The maximum Gasteiger partial charge on any atom is 0.119 e. The Balaban J connectivity index is 1.70. The number of nitrogens with zero attached hydrogens (tertiary/aromatic N) is 1. The second-order valence-electron chi connectivity index (χ2n) is 6.22. The molecule has 5 rings (SSSR count). The molecule has 3 aliphatic rings. The van der Waals surface area contributed by atoms with Crippen LogP contribution in [0.4, 0.5) is 0 Å². The number of methoxy groups -OCH3 is 1. The van der Waals surface area contributed by atoms with E-state index in [0.29, 0.717) is 0 Å². The van der Waals surface area contributed by atoms with E-state index in [-0.39, 0.29) is 0 Å². The van der Waals surface area contributed by atoms with Crippen molar-refractivity contribution >= 4 is 10.8 Å². The van der Waals surface area contributed by atoms with Gasteiger partial charge in [-0.05, 0) is 66.2 Å². The van der Waals surface area contributed by atoms with E-state index in [4.69, 9.17) is 4.74 Å². The third-order valence-electron chi connectivity index (χ3n) is 5.16. The zero-order valence-corrected chi connectivity index (χ0v) is 12.0. The predicted molar refractivity (Wildman–Crippen MR) is 82.4 cm³/mol. The third-order valence-corrected chi connectivity index (χ3v) is 5.16. The summed E-state index contributed by atoms with van der Waals surface area (Å²) in [6.07, 6.45) is 2.76. The summed E-state index contributed by atoms with van der Waals surface area (Å²) in [6, 6.07) is 13.3. The molecule has 3 fully saturated rings. The molecule has 0 aliphatic carbocycles. The van der Waals surface area contributed by atoms with Gasteiger partial charge in [0, 0.05) is 6.54 Å². The first-order valence-corrected chi connectivity index (χ1v) is 7.63. The minimum Gasteiger partial charge on any atom is -0.497 e. The average Bonchev–Trinajstić information content (AvgIpc) is 2.55. The summed E-state index contributed by atoms with van der Waals surface area (Å²) in [6.45, 7) is 3.88. The Kier molecular flexibility index (Phi) is 2.92. The van der Waals surface area contributed by atoms with Crippen molar-refractivity contribution in [1.82, 2.24) is 4.90 Å². The van der Waals surface area contributed by atoms with Crippen molar-refractivity contribution < 1.29 is 4.74 Å². The van der Waals surface area contributed by atoms with E-state index in [0.717, 1.165) is 17.6 Å². The van der Waals surface area contributed by atoms with E-state index in [9.17, 15) is 0 Å². The van der Waals surface area contributed by atoms with Crippen LogP contribution in [0.5, 0.6) is 5.75 Å². The lowest BCUT2D eigenvalue weighted by Gasteiger charge is -2.45. The van der Waals surface area contributed by atoms with Gasteiger partial charge in [0.05, 0.1) is 7.11 Å². The monoisotopic (exact) mass is 267 g/mol. The lowest BCUT2D eigenvalue weighted by Crippen LogP contribution is -2.46. The van der Waals surface area contributed by atoms with E-state index in [1.807, 2.05) is 0 Å². The first kappa shape index (κ1) is 12.2. The molecule has 0 aromatic heterocycles. The van der Waals surface area contributed by atoms with Gasteiger partial charge >= 0.3 is 0 Å². The second kappa shape index (κ2) is 4.78. The molecule has 0 amide bonds. The molecule has 1 atom stereocenters. The van der Waals surface area contributed by atoms with Gasteiger partial charge < -0.3 is 9.64 Å². The van der Waals surface area contributed by atoms with E-state index in [1.54, 1.807) is 7.11 Å². The number of fused-ring (bicyclic) bond motifs is 4. The van der Waals surface area contributed by atoms with Crippen LogP contribution in [0.15, 0.2) is 36.4 Å². The molecule has 3 heterocycles. The highest BCUT2D eigenvalue weighted by Gasteiger charge is 2.34. The first-order chi connectivity index (χ1) is 9.83. The summed E-state index contributed by atoms with van der Waals surface area (Å²) < 4.78 is 5.30. The molecule has 2 bridgehead atoms. The van der Waals surface area contributed by atoms with Gasteiger partial charge in [-0.1, -0.05) is 24.3 Å². The van der Waals surface area contributed by atoms with E-state index in [2.05, 4.69) is 41.3 Å². The van der Waals surface area contributed by atoms with Crippen molar-refractivity contribution in [2.45, 2.75) is 18.8 Å². The fraction of sp³-hybridized carbons (Fsp3) is 0.444. The van der Waals surface area contributed by atoms with Gasteiger partial charge in [0.1, 0.15) is 5.75 Å². The molecular weight excluding hydrogens is 246 g/mol. The number of benzene rings is 2. The van der Waals surface area contributed by atoms with E-state index < -0.39 is 0 Å². The second-order valence-corrected chi connectivity index (χ2v) is 6.22. The Bertz CT molecular complexity index is 628. The van der Waals surface area contributed by atoms with Crippen molar-refractivity contribution in [2.24, 2.45) is 5.92 Å². The zero-order valence-electron chi connectivity index (χ0n) is 12.0. The standard InChI is InChI=1S/C18H21NO/c1-20-17-5-4-14-10-16(3-2-15(14)11-17)18-12-19-8-6-13(18)7-9-19/h2-5,10-11,13,18H,6-9,12H2,1H3. The Morgan fingerprint density at radius 3 is 2.45 bits per heavy atom. The van der Waals surface area contributed by atoms with Crippen LogP contribution in [0.2, 0.25) is 0 Å². The van der Waals surface area contributed by atoms with Gasteiger partial charge in [-0.15, -0.1) is 0 Å². The topological polar surface area (TPSA) is 12.5 Å². The van der Waals surface area contributed by atoms with Crippen LogP contribution < -0.4 is 4.74 Å². The smallest absolute Gasteiger partial charge is 0.119 e. The first-order valence-electron chi connectivity index (χ1n) is 7.63. The van der Waals surface area contributed by atoms with Gasteiger partial charge in [0.15, 0.2) is 0 Å². The summed E-state index contributed by atoms with van der Waals surface area (Å²) in [4.78, 5) is 2.63. The van der Waals surface area contributed by atoms with Crippen molar-refractivity contribution in [2.75, 3.05) is 26.7 Å². The quantitative estimate of drug-likeness (QED) is 0.823. The minimum absolute atomic E-state index is 0.740. The van der Waals surface area contributed by atoms with Gasteiger partial charge in [0.2, 0.25) is 0 Å². The molecule has 0 spiro atoms. The van der Waals surface area contributed by atoms with Gasteiger partial charge in [-0.3, -0.25) is 0 Å². The zero-order chi connectivity index (χ0) is 13.5. The number of rotatable bonds is 2. The highest BCUT2D eigenvalue weighted by molar-refractivity contribution is 5.84. The highest BCUT2D eigenvalue weighted by Crippen LogP contribution is 2.39. The molecule has 2 nitrogen and oxygen atoms in total. The summed E-state index contributed by atoms with van der Waals surface area (Å²) in [5.74, 6) is 2.58. The molecule has 20 heavy (non-hydrogen) atoms. The van der Waals surface area contributed by atoms with Crippen LogP contribution in [-0.2, 0) is 0 Å². The Labute approximate surface area is 120 Å². The van der Waals surface area contributed by atoms with Crippen LogP contribution in [0.1, 0.15) is 24.3 Å². The van der Waals surface area contributed by atoms with Crippen molar-refractivity contribution in [1.29, 1.82) is 0 Å². The fourth-order valence-corrected chi connectivity index (χ4v) is 3.94. The van der Waals surface area contributed by atoms with Crippen molar-refractivity contribution in [3.63, 3.8) is 0 Å². The molecule has 0 saturated carbocycles. The Morgan fingerprint density at radius 2 is 1.75 bits per heavy atom. The predicted octanol–water partition coefficient (Wildman–Crippen LogP) is 3.66. The van der Waals surface area contributed by atoms with Gasteiger partial charge in [-0.2, -0.15) is 0 Å². The number of piperidine rings is 3. The van der Waals surface area contributed by atoms with Gasteiger partial charge in [0.25, 0.3) is 0 Å². The molecule has 104 valence electrons. The van der Waals surface area contributed by atoms with Crippen LogP contribution in [0.3, 0.4) is 0 Å². The molecule has 3 aliphatic heterocycles. The fourth-order valence-electron chi connectivity index (χ4n) is 3.94. The molecule has 2 aromatic rings. The molecule has 2 aromatic carbocycles. The van der Waals surface area contributed by atoms with Gasteiger partial charge in [-0.25, -0.2) is 0 Å². The normalized spacial score (nSPS) is 28.8. The molecule has 3 saturated heterocycles. The minimum atomic E-state index is 0.740. The van der Waals surface area contributed by atoms with E-state index >= 15 is 0 Å². The number of hydrogen-bond acceptors (Lipinski definition) is 2. The molecule has 0 radical (unpaired) electrons. The largest absolute Gasteiger partial charge is 0.497 e. The lowest BCUT2D eigenvalue weighted by atomic mass is 9.75. The van der Waals surface area contributed by atoms with Crippen LogP contribution in [0.25, 0.3) is 10.8 Å². The summed E-state index contributed by atoms with van der Waals surface area (Å²) in [5.41, 5.74) is 1.53. The molecule has 0 N–H and O–H groups in total. The highest BCUT2D eigenvalue weighted by atomic mass is 16.5. The molecule has 1 unspecified atom stereocenters. The molecular formula is C18H21NO. The summed E-state index contributed by atoms with van der Waals surface area (Å²) in [5, 5.41) is 2.61. The SMILES string of the molecule is COc1ccc2cc(C3CN4CCC3CC4)ccc2c1. The third kappa shape index (κ3) is 1.99. The van der Waals surface area contributed by atoms with Crippen LogP contribution >= 0.6 is 0 Å². The maximum atomic E-state index is 5.30. The van der Waals surface area contributed by atoms with Crippen molar-refractivity contribution in [3.05, 3.63) is 42.0 Å². The Hall–Kier alpha value is -1.54. The molecule has 2 heteroatoms. The van der Waals surface area contributed by atoms with Crippen LogP contribution in [0, 0.1) is 5.92 Å². The number of ether oxygens (including phenoxy) is 1. The lowest BCUT2D eigenvalue weighted by molar-refractivity contribution is 0.0871. The average molecular weight is 267 g/mol. The van der Waals surface area contributed by atoms with Crippen LogP contribution in [-0.4, -0.2) is 31.6 Å². The summed E-state index contributed by atoms with van der Waals surface area (Å²) in [7, 11) is 1.72. The Morgan fingerprint density at radius 1 is 1.00 bits per heavy atom. The summed E-state index contributed by atoms with van der Waals surface area (Å²) >= 11 is 0.